The second kappa shape index (κ2) is 7.86. The van der Waals surface area contributed by atoms with Crippen molar-refractivity contribution in [3.8, 4) is 0 Å². The molecule has 166 valence electrons. The van der Waals surface area contributed by atoms with E-state index >= 15 is 0 Å². The molecule has 0 radical (unpaired) electrons. The Labute approximate surface area is 181 Å². The van der Waals surface area contributed by atoms with E-state index in [0.29, 0.717) is 31.6 Å². The van der Waals surface area contributed by atoms with Gasteiger partial charge in [-0.25, -0.2) is 9.80 Å². The molecule has 1 atom stereocenters. The van der Waals surface area contributed by atoms with Crippen LogP contribution in [0.15, 0.2) is 18.2 Å². The maximum absolute atomic E-state index is 12.9. The number of ether oxygens (including phenoxy) is 1. The first kappa shape index (κ1) is 21.1. The minimum atomic E-state index is -0.644. The fraction of sp³-hybridized carbons (Fsp3) is 0.545. The van der Waals surface area contributed by atoms with Gasteiger partial charge < -0.3 is 9.64 Å². The third-order valence-electron chi connectivity index (χ3n) is 5.69. The van der Waals surface area contributed by atoms with E-state index in [0.717, 1.165) is 24.1 Å². The molecule has 0 spiro atoms. The van der Waals surface area contributed by atoms with Gasteiger partial charge in [-0.1, -0.05) is 0 Å². The second-order valence-electron chi connectivity index (χ2n) is 9.18. The lowest BCUT2D eigenvalue weighted by Crippen LogP contribution is -2.52. The number of anilines is 1. The van der Waals surface area contributed by atoms with Crippen molar-refractivity contribution in [2.24, 2.45) is 0 Å². The summed E-state index contributed by atoms with van der Waals surface area (Å²) in [6.07, 6.45) is 1.99. The van der Waals surface area contributed by atoms with Crippen molar-refractivity contribution < 1.29 is 23.9 Å². The molecule has 9 nitrogen and oxygen atoms in total. The fourth-order valence-corrected chi connectivity index (χ4v) is 4.26. The van der Waals surface area contributed by atoms with Gasteiger partial charge in [0.15, 0.2) is 0 Å². The van der Waals surface area contributed by atoms with Gasteiger partial charge in [0.25, 0.3) is 5.91 Å². The zero-order chi connectivity index (χ0) is 22.3. The number of hydrogen-bond acceptors (Lipinski definition) is 6. The van der Waals surface area contributed by atoms with Gasteiger partial charge in [-0.3, -0.25) is 24.7 Å². The lowest BCUT2D eigenvalue weighted by molar-refractivity contribution is -0.136. The van der Waals surface area contributed by atoms with E-state index in [9.17, 15) is 19.2 Å². The highest BCUT2D eigenvalue weighted by atomic mass is 16.6. The average molecular weight is 428 g/mol. The number of carbonyl (C=O) groups excluding carboxylic acids is 4. The first-order valence-corrected chi connectivity index (χ1v) is 10.7. The molecule has 1 aromatic carbocycles. The molecule has 0 bridgehead atoms. The van der Waals surface area contributed by atoms with Gasteiger partial charge in [-0.15, -0.1) is 0 Å². The Hall–Kier alpha value is -3.10. The molecule has 2 saturated heterocycles. The molecule has 1 N–H and O–H groups in total. The van der Waals surface area contributed by atoms with Crippen molar-refractivity contribution in [1.29, 1.82) is 0 Å². The minimum Gasteiger partial charge on any atom is -0.442 e. The SMILES string of the molecule is CC(C)(C)OC(=O)N1CCCCN1c1ccc2c(c1)CN(C1CCC(=O)NC1=O)C2=O. The molecule has 31 heavy (non-hydrogen) atoms. The minimum absolute atomic E-state index is 0.210. The Morgan fingerprint density at radius 1 is 1.13 bits per heavy atom. The number of piperidine rings is 1. The number of nitrogens with zero attached hydrogens (tertiary/aromatic N) is 3. The molecule has 2 fully saturated rings. The molecular weight excluding hydrogens is 400 g/mol. The smallest absolute Gasteiger partial charge is 0.429 e. The highest BCUT2D eigenvalue weighted by molar-refractivity contribution is 6.05. The van der Waals surface area contributed by atoms with E-state index in [1.165, 1.54) is 4.90 Å². The third-order valence-corrected chi connectivity index (χ3v) is 5.69. The predicted octanol–water partition coefficient (Wildman–Crippen LogP) is 2.20. The third kappa shape index (κ3) is 4.22. The average Bonchev–Trinajstić information content (AvgIpc) is 3.02. The molecule has 1 aromatic rings. The van der Waals surface area contributed by atoms with E-state index in [1.807, 2.05) is 37.9 Å². The molecule has 4 amide bonds. The van der Waals surface area contributed by atoms with Gasteiger partial charge >= 0.3 is 6.09 Å². The Morgan fingerprint density at radius 3 is 2.58 bits per heavy atom. The van der Waals surface area contributed by atoms with Crippen LogP contribution in [0.5, 0.6) is 0 Å². The number of hydrogen-bond donors (Lipinski definition) is 1. The van der Waals surface area contributed by atoms with E-state index in [-0.39, 0.29) is 18.2 Å². The van der Waals surface area contributed by atoms with Crippen LogP contribution in [-0.2, 0) is 20.9 Å². The molecule has 3 heterocycles. The van der Waals surface area contributed by atoms with Crippen LogP contribution < -0.4 is 10.3 Å². The normalized spacial score (nSPS) is 21.8. The van der Waals surface area contributed by atoms with Gasteiger partial charge in [-0.2, -0.15) is 0 Å². The van der Waals surface area contributed by atoms with Crippen molar-refractivity contribution >= 4 is 29.5 Å². The lowest BCUT2D eigenvalue weighted by atomic mass is 10.0. The maximum atomic E-state index is 12.9. The van der Waals surface area contributed by atoms with Gasteiger partial charge in [-0.05, 0) is 63.8 Å². The van der Waals surface area contributed by atoms with Gasteiger partial charge in [0.1, 0.15) is 11.6 Å². The number of carbonyl (C=O) groups is 4. The number of amides is 4. The highest BCUT2D eigenvalue weighted by Gasteiger charge is 2.39. The summed E-state index contributed by atoms with van der Waals surface area (Å²) in [4.78, 5) is 50.8. The van der Waals surface area contributed by atoms with Crippen LogP contribution in [0.1, 0.15) is 62.4 Å². The molecule has 3 aliphatic heterocycles. The van der Waals surface area contributed by atoms with Crippen LogP contribution in [0, 0.1) is 0 Å². The van der Waals surface area contributed by atoms with Crippen LogP contribution in [0.2, 0.25) is 0 Å². The molecule has 1 unspecified atom stereocenters. The lowest BCUT2D eigenvalue weighted by Gasteiger charge is -2.40. The largest absolute Gasteiger partial charge is 0.442 e. The number of hydrazine groups is 1. The predicted molar refractivity (Wildman–Crippen MR) is 112 cm³/mol. The first-order chi connectivity index (χ1) is 14.6. The van der Waals surface area contributed by atoms with Crippen LogP contribution >= 0.6 is 0 Å². The zero-order valence-electron chi connectivity index (χ0n) is 18.1. The van der Waals surface area contributed by atoms with Crippen molar-refractivity contribution in [1.82, 2.24) is 15.2 Å². The Morgan fingerprint density at radius 2 is 1.87 bits per heavy atom. The van der Waals surface area contributed by atoms with Crippen molar-refractivity contribution in [3.05, 3.63) is 29.3 Å². The van der Waals surface area contributed by atoms with Crippen LogP contribution in [0.25, 0.3) is 0 Å². The zero-order valence-corrected chi connectivity index (χ0v) is 18.1. The number of imide groups is 1. The molecule has 0 saturated carbocycles. The van der Waals surface area contributed by atoms with Gasteiger partial charge in [0, 0.05) is 31.6 Å². The molecule has 3 aliphatic rings. The Kier molecular flexibility index (Phi) is 5.36. The monoisotopic (exact) mass is 428 g/mol. The van der Waals surface area contributed by atoms with Crippen molar-refractivity contribution in [2.75, 3.05) is 18.1 Å². The summed E-state index contributed by atoms with van der Waals surface area (Å²) < 4.78 is 5.57. The van der Waals surface area contributed by atoms with Crippen molar-refractivity contribution in [2.45, 2.75) is 64.6 Å². The quantitative estimate of drug-likeness (QED) is 0.725. The summed E-state index contributed by atoms with van der Waals surface area (Å²) in [6, 6.07) is 4.84. The van der Waals surface area contributed by atoms with Crippen molar-refractivity contribution in [3.63, 3.8) is 0 Å². The van der Waals surface area contributed by atoms with Gasteiger partial charge in [0.2, 0.25) is 11.8 Å². The second-order valence-corrected chi connectivity index (χ2v) is 9.18. The molecule has 0 aliphatic carbocycles. The summed E-state index contributed by atoms with van der Waals surface area (Å²) >= 11 is 0. The summed E-state index contributed by atoms with van der Waals surface area (Å²) in [6.45, 7) is 7.04. The summed E-state index contributed by atoms with van der Waals surface area (Å²) in [5, 5.41) is 5.83. The number of rotatable bonds is 2. The topological polar surface area (TPSA) is 99.3 Å². The molecular formula is C22H28N4O5. The van der Waals surface area contributed by atoms with Crippen LogP contribution in [0.3, 0.4) is 0 Å². The molecule has 4 rings (SSSR count). The highest BCUT2D eigenvalue weighted by Crippen LogP contribution is 2.32. The summed E-state index contributed by atoms with van der Waals surface area (Å²) in [5.74, 6) is -0.941. The van der Waals surface area contributed by atoms with Crippen LogP contribution in [-0.4, -0.2) is 58.5 Å². The van der Waals surface area contributed by atoms with Crippen LogP contribution in [0.4, 0.5) is 10.5 Å². The van der Waals surface area contributed by atoms with E-state index in [4.69, 9.17) is 4.74 Å². The van der Waals surface area contributed by atoms with Gasteiger partial charge in [0.05, 0.1) is 5.69 Å². The van der Waals surface area contributed by atoms with E-state index < -0.39 is 23.6 Å². The maximum Gasteiger partial charge on any atom is 0.429 e. The Balaban J connectivity index is 1.55. The summed E-state index contributed by atoms with van der Waals surface area (Å²) in [7, 11) is 0. The van der Waals surface area contributed by atoms with E-state index in [1.54, 1.807) is 11.1 Å². The number of benzene rings is 1. The number of nitrogens with one attached hydrogen (secondary N) is 1. The van der Waals surface area contributed by atoms with E-state index in [2.05, 4.69) is 5.32 Å². The fourth-order valence-electron chi connectivity index (χ4n) is 4.26. The molecule has 0 aromatic heterocycles. The molecule has 9 heteroatoms. The number of fused-ring (bicyclic) bond motifs is 1. The summed E-state index contributed by atoms with van der Waals surface area (Å²) in [5.41, 5.74) is 1.57. The standard InChI is InChI=1S/C22H28N4O5/c1-22(2,3)31-21(30)26-11-5-4-10-25(26)15-6-7-16-14(12-15)13-24(20(16)29)17-8-9-18(27)23-19(17)28/h6-7,12,17H,4-5,8-11,13H2,1-3H3,(H,23,27,28). The first-order valence-electron chi connectivity index (χ1n) is 10.7. The Bertz CT molecular complexity index is 938.